The molecule has 40 heavy (non-hydrogen) atoms. The fourth-order valence-corrected chi connectivity index (χ4v) is 6.19. The molecule has 3 aromatic rings. The molecule has 1 atom stereocenters. The SMILES string of the molecule is CCN1CCN(C(=C=O)C2CCCN(C(=O)c3ccc(-c4ccccc4C)cc3OC)c3ccc(Cl)cc32)CC1. The summed E-state index contributed by atoms with van der Waals surface area (Å²) in [5, 5.41) is 0.583. The maximum Gasteiger partial charge on any atom is 0.262 e. The number of nitrogens with zero attached hydrogens (tertiary/aromatic N) is 3. The van der Waals surface area contributed by atoms with E-state index in [1.807, 2.05) is 53.4 Å². The summed E-state index contributed by atoms with van der Waals surface area (Å²) in [6.45, 7) is 9.18. The number of hydrogen-bond donors (Lipinski definition) is 0. The fourth-order valence-electron chi connectivity index (χ4n) is 6.01. The maximum atomic E-state index is 14.1. The Kier molecular flexibility index (Phi) is 8.60. The van der Waals surface area contributed by atoms with Crippen molar-refractivity contribution >= 4 is 29.1 Å². The second-order valence-corrected chi connectivity index (χ2v) is 10.9. The number of anilines is 1. The molecule has 1 saturated heterocycles. The topological polar surface area (TPSA) is 53.1 Å². The number of allylic oxidation sites excluding steroid dienone is 1. The number of fused-ring (bicyclic) bond motifs is 1. The van der Waals surface area contributed by atoms with Crippen molar-refractivity contribution in [1.82, 2.24) is 9.80 Å². The van der Waals surface area contributed by atoms with Crippen molar-refractivity contribution in [2.45, 2.75) is 32.6 Å². The van der Waals surface area contributed by atoms with Crippen molar-refractivity contribution in [3.63, 3.8) is 0 Å². The van der Waals surface area contributed by atoms with E-state index in [0.29, 0.717) is 28.6 Å². The molecule has 0 radical (unpaired) electrons. The van der Waals surface area contributed by atoms with Crippen LogP contribution in [-0.4, -0.2) is 68.0 Å². The van der Waals surface area contributed by atoms with Crippen LogP contribution in [0.1, 0.15) is 47.2 Å². The van der Waals surface area contributed by atoms with Gasteiger partial charge in [0.15, 0.2) is 0 Å². The standard InChI is InChI=1S/C33H36ClN3O3/c1-4-35-16-18-36(19-17-35)31(22-38)27-10-7-15-37(30-14-12-25(34)21-29(27)30)33(39)28-13-11-24(20-32(28)40-3)26-9-6-5-8-23(26)2/h5-6,8-9,11-14,20-21,27H,4,7,10,15-19H2,1-3H3. The zero-order valence-corrected chi connectivity index (χ0v) is 24.2. The first-order valence-electron chi connectivity index (χ1n) is 14.0. The quantitative estimate of drug-likeness (QED) is 0.338. The van der Waals surface area contributed by atoms with Crippen LogP contribution in [0.4, 0.5) is 5.69 Å². The Hall–Kier alpha value is -3.57. The third-order valence-corrected chi connectivity index (χ3v) is 8.49. The van der Waals surface area contributed by atoms with Gasteiger partial charge >= 0.3 is 0 Å². The molecule has 0 aromatic heterocycles. The highest BCUT2D eigenvalue weighted by atomic mass is 35.5. The lowest BCUT2D eigenvalue weighted by molar-refractivity contribution is 0.0984. The summed E-state index contributed by atoms with van der Waals surface area (Å²) < 4.78 is 5.74. The highest BCUT2D eigenvalue weighted by molar-refractivity contribution is 6.30. The van der Waals surface area contributed by atoms with Crippen molar-refractivity contribution in [3.8, 4) is 16.9 Å². The molecule has 6 nitrogen and oxygen atoms in total. The first kappa shape index (κ1) is 28.0. The third kappa shape index (κ3) is 5.53. The van der Waals surface area contributed by atoms with E-state index in [9.17, 15) is 9.59 Å². The lowest BCUT2D eigenvalue weighted by Gasteiger charge is -2.38. The van der Waals surface area contributed by atoms with Gasteiger partial charge in [-0.05, 0) is 78.9 Å². The molecule has 0 aliphatic carbocycles. The van der Waals surface area contributed by atoms with Gasteiger partial charge < -0.3 is 19.4 Å². The molecular formula is C33H36ClN3O3. The Morgan fingerprint density at radius 1 is 1.02 bits per heavy atom. The van der Waals surface area contributed by atoms with E-state index < -0.39 is 0 Å². The van der Waals surface area contributed by atoms with Gasteiger partial charge in [0, 0.05) is 49.4 Å². The van der Waals surface area contributed by atoms with Gasteiger partial charge in [-0.25, -0.2) is 4.79 Å². The molecule has 0 spiro atoms. The minimum absolute atomic E-state index is 0.134. The number of carbonyl (C=O) groups is 1. The highest BCUT2D eigenvalue weighted by Gasteiger charge is 2.33. The smallest absolute Gasteiger partial charge is 0.262 e. The molecule has 1 amide bonds. The number of methoxy groups -OCH3 is 1. The highest BCUT2D eigenvalue weighted by Crippen LogP contribution is 2.42. The molecule has 1 fully saturated rings. The van der Waals surface area contributed by atoms with Crippen LogP contribution in [-0.2, 0) is 4.79 Å². The predicted octanol–water partition coefficient (Wildman–Crippen LogP) is 6.20. The lowest BCUT2D eigenvalue weighted by Crippen LogP contribution is -2.46. The van der Waals surface area contributed by atoms with Gasteiger partial charge in [0.2, 0.25) is 0 Å². The number of likely N-dealkylation sites (N-methyl/N-ethyl adjacent to an activating group) is 1. The van der Waals surface area contributed by atoms with Crippen LogP contribution in [0, 0.1) is 6.92 Å². The molecule has 208 valence electrons. The maximum absolute atomic E-state index is 14.1. The van der Waals surface area contributed by atoms with Gasteiger partial charge in [-0.1, -0.05) is 48.9 Å². The van der Waals surface area contributed by atoms with E-state index in [1.54, 1.807) is 7.11 Å². The fraction of sp³-hybridized carbons (Fsp3) is 0.364. The number of halogens is 1. The summed E-state index contributed by atoms with van der Waals surface area (Å²) in [4.78, 5) is 32.9. The minimum atomic E-state index is -0.178. The number of hydrogen-bond acceptors (Lipinski definition) is 5. The first-order chi connectivity index (χ1) is 19.4. The van der Waals surface area contributed by atoms with Crippen LogP contribution in [0.5, 0.6) is 5.75 Å². The molecule has 1 unspecified atom stereocenters. The molecule has 0 saturated carbocycles. The van der Waals surface area contributed by atoms with Gasteiger partial charge in [0.05, 0.1) is 12.7 Å². The van der Waals surface area contributed by atoms with Crippen LogP contribution >= 0.6 is 11.6 Å². The largest absolute Gasteiger partial charge is 0.496 e. The zero-order valence-electron chi connectivity index (χ0n) is 23.5. The second kappa shape index (κ2) is 12.3. The number of ether oxygens (including phenoxy) is 1. The first-order valence-corrected chi connectivity index (χ1v) is 14.4. The van der Waals surface area contributed by atoms with Crippen LogP contribution in [0.2, 0.25) is 5.02 Å². The number of benzene rings is 3. The van der Waals surface area contributed by atoms with E-state index in [-0.39, 0.29) is 11.8 Å². The average molecular weight is 558 g/mol. The molecule has 2 aliphatic heterocycles. The normalized spacial score (nSPS) is 17.6. The average Bonchev–Trinajstić information content (AvgIpc) is 3.17. The van der Waals surface area contributed by atoms with Crippen molar-refractivity contribution in [2.24, 2.45) is 0 Å². The predicted molar refractivity (Wildman–Crippen MR) is 161 cm³/mol. The van der Waals surface area contributed by atoms with E-state index in [0.717, 1.165) is 73.5 Å². The third-order valence-electron chi connectivity index (χ3n) is 8.26. The molecule has 2 aliphatic rings. The summed E-state index contributed by atoms with van der Waals surface area (Å²) in [5.74, 6) is 2.51. The van der Waals surface area contributed by atoms with E-state index >= 15 is 0 Å². The second-order valence-electron chi connectivity index (χ2n) is 10.5. The molecule has 2 heterocycles. The number of rotatable bonds is 6. The van der Waals surface area contributed by atoms with Crippen molar-refractivity contribution < 1.29 is 14.3 Å². The summed E-state index contributed by atoms with van der Waals surface area (Å²) >= 11 is 6.50. The van der Waals surface area contributed by atoms with Gasteiger partial charge in [-0.2, -0.15) is 0 Å². The van der Waals surface area contributed by atoms with Gasteiger partial charge in [-0.15, -0.1) is 0 Å². The Morgan fingerprint density at radius 3 is 2.50 bits per heavy atom. The molecule has 5 rings (SSSR count). The van der Waals surface area contributed by atoms with E-state index in [4.69, 9.17) is 16.3 Å². The minimum Gasteiger partial charge on any atom is -0.496 e. The van der Waals surface area contributed by atoms with E-state index in [2.05, 4.69) is 41.7 Å². The number of piperazine rings is 1. The van der Waals surface area contributed by atoms with E-state index in [1.165, 1.54) is 0 Å². The molecule has 7 heteroatoms. The van der Waals surface area contributed by atoms with Gasteiger partial charge in [0.25, 0.3) is 5.91 Å². The van der Waals surface area contributed by atoms with Crippen molar-refractivity contribution in [3.05, 3.63) is 88.1 Å². The Morgan fingerprint density at radius 2 is 1.80 bits per heavy atom. The molecule has 0 N–H and O–H groups in total. The summed E-state index contributed by atoms with van der Waals surface area (Å²) in [6.07, 6.45) is 1.48. The summed E-state index contributed by atoms with van der Waals surface area (Å²) in [7, 11) is 1.60. The van der Waals surface area contributed by atoms with Crippen molar-refractivity contribution in [2.75, 3.05) is 51.3 Å². The van der Waals surface area contributed by atoms with Crippen molar-refractivity contribution in [1.29, 1.82) is 0 Å². The summed E-state index contributed by atoms with van der Waals surface area (Å²) in [5.41, 5.74) is 6.09. The van der Waals surface area contributed by atoms with Gasteiger partial charge in [0.1, 0.15) is 17.4 Å². The zero-order chi connectivity index (χ0) is 28.2. The number of aryl methyl sites for hydroxylation is 1. The molecule has 0 bridgehead atoms. The lowest BCUT2D eigenvalue weighted by atomic mass is 9.90. The van der Waals surface area contributed by atoms with Crippen LogP contribution < -0.4 is 9.64 Å². The van der Waals surface area contributed by atoms with Crippen LogP contribution in [0.15, 0.2) is 66.4 Å². The van der Waals surface area contributed by atoms with Gasteiger partial charge in [-0.3, -0.25) is 4.79 Å². The molecular weight excluding hydrogens is 522 g/mol. The Bertz CT molecular complexity index is 1440. The Labute approximate surface area is 241 Å². The number of carbonyl (C=O) groups excluding carboxylic acids is 2. The monoisotopic (exact) mass is 557 g/mol. The van der Waals surface area contributed by atoms with Crippen LogP contribution in [0.25, 0.3) is 11.1 Å². The summed E-state index contributed by atoms with van der Waals surface area (Å²) in [6, 6.07) is 19.5. The molecule has 3 aromatic carbocycles. The Balaban J connectivity index is 1.49. The van der Waals surface area contributed by atoms with Crippen LogP contribution in [0.3, 0.4) is 0 Å². The number of amides is 1.